The molecule has 4 aromatic rings. The van der Waals surface area contributed by atoms with Crippen molar-refractivity contribution in [1.29, 1.82) is 0 Å². The lowest BCUT2D eigenvalue weighted by molar-refractivity contribution is 0.346. The average Bonchev–Trinajstić information content (AvgIpc) is 3.49. The molecule has 5 rings (SSSR count). The number of oxazole rings is 1. The van der Waals surface area contributed by atoms with Gasteiger partial charge in [-0.2, -0.15) is 9.29 Å². The number of thioether (sulfide) groups is 1. The van der Waals surface area contributed by atoms with Crippen LogP contribution in [0, 0.1) is 0 Å². The van der Waals surface area contributed by atoms with Crippen molar-refractivity contribution >= 4 is 32.9 Å². The third-order valence-electron chi connectivity index (χ3n) is 5.41. The van der Waals surface area contributed by atoms with Crippen LogP contribution in [0.1, 0.15) is 25.2 Å². The van der Waals surface area contributed by atoms with Gasteiger partial charge in [0, 0.05) is 18.7 Å². The number of fused-ring (bicyclic) bond motifs is 1. The van der Waals surface area contributed by atoms with E-state index in [-0.39, 0.29) is 4.90 Å². The van der Waals surface area contributed by atoms with Crippen LogP contribution in [0.15, 0.2) is 61.5 Å². The Balaban J connectivity index is 1.30. The van der Waals surface area contributed by atoms with Crippen LogP contribution in [0.4, 0.5) is 0 Å². The monoisotopic (exact) mass is 486 g/mol. The van der Waals surface area contributed by atoms with Gasteiger partial charge in [-0.3, -0.25) is 0 Å². The molecule has 9 nitrogen and oxygen atoms in total. The minimum Gasteiger partial charge on any atom is -0.497 e. The fourth-order valence-electron chi connectivity index (χ4n) is 3.68. The molecule has 11 heteroatoms. The lowest BCUT2D eigenvalue weighted by Gasteiger charge is -2.25. The Hall–Kier alpha value is -2.89. The van der Waals surface area contributed by atoms with Crippen molar-refractivity contribution in [1.82, 2.24) is 19.4 Å². The lowest BCUT2D eigenvalue weighted by Crippen LogP contribution is -2.35. The maximum absolute atomic E-state index is 12.9. The molecular weight excluding hydrogens is 464 g/mol. The molecule has 0 atom stereocenters. The first-order valence-corrected chi connectivity index (χ1v) is 13.0. The molecule has 0 unspecified atom stereocenters. The smallest absolute Gasteiger partial charge is 0.257 e. The maximum Gasteiger partial charge on any atom is 0.257 e. The van der Waals surface area contributed by atoms with Gasteiger partial charge in [-0.25, -0.2) is 13.4 Å². The number of benzene rings is 2. The Bertz CT molecular complexity index is 1380. The zero-order valence-electron chi connectivity index (χ0n) is 17.9. The van der Waals surface area contributed by atoms with E-state index in [2.05, 4.69) is 15.1 Å². The van der Waals surface area contributed by atoms with Crippen LogP contribution in [0.3, 0.4) is 0 Å². The van der Waals surface area contributed by atoms with Crippen LogP contribution in [0.25, 0.3) is 22.5 Å². The van der Waals surface area contributed by atoms with Gasteiger partial charge in [0.05, 0.1) is 17.8 Å². The molecule has 0 radical (unpaired) electrons. The molecule has 1 fully saturated rings. The lowest BCUT2D eigenvalue weighted by atomic mass is 10.2. The molecule has 0 N–H and O–H groups in total. The average molecular weight is 487 g/mol. The quantitative estimate of drug-likeness (QED) is 0.352. The second-order valence-electron chi connectivity index (χ2n) is 7.61. The predicted octanol–water partition coefficient (Wildman–Crippen LogP) is 4.35. The van der Waals surface area contributed by atoms with Gasteiger partial charge in [0.15, 0.2) is 5.58 Å². The zero-order chi connectivity index (χ0) is 22.8. The minimum absolute atomic E-state index is 0.238. The largest absolute Gasteiger partial charge is 0.497 e. The molecular formula is C22H22N4O5S2. The summed E-state index contributed by atoms with van der Waals surface area (Å²) >= 11 is 1.30. The van der Waals surface area contributed by atoms with Gasteiger partial charge in [-0.05, 0) is 43.2 Å². The van der Waals surface area contributed by atoms with Gasteiger partial charge in [-0.15, -0.1) is 0 Å². The first kappa shape index (κ1) is 21.9. The first-order valence-electron chi connectivity index (χ1n) is 10.5. The number of piperidine rings is 1. The predicted molar refractivity (Wildman–Crippen MR) is 122 cm³/mol. The van der Waals surface area contributed by atoms with Crippen molar-refractivity contribution in [3.05, 3.63) is 48.4 Å². The van der Waals surface area contributed by atoms with Crippen molar-refractivity contribution in [3.8, 4) is 17.1 Å². The van der Waals surface area contributed by atoms with Crippen molar-refractivity contribution in [2.75, 3.05) is 20.2 Å². The Morgan fingerprint density at radius 3 is 2.76 bits per heavy atom. The second-order valence-corrected chi connectivity index (χ2v) is 10.5. The Morgan fingerprint density at radius 1 is 1.09 bits per heavy atom. The van der Waals surface area contributed by atoms with Gasteiger partial charge in [-0.1, -0.05) is 35.5 Å². The van der Waals surface area contributed by atoms with E-state index in [1.54, 1.807) is 29.6 Å². The Labute approximate surface area is 195 Å². The molecule has 33 heavy (non-hydrogen) atoms. The molecule has 0 amide bonds. The summed E-state index contributed by atoms with van der Waals surface area (Å²) in [7, 11) is -1.92. The summed E-state index contributed by atoms with van der Waals surface area (Å²) in [4.78, 5) is 9.09. The molecule has 1 aliphatic heterocycles. The van der Waals surface area contributed by atoms with Crippen molar-refractivity contribution in [2.24, 2.45) is 0 Å². The fourth-order valence-corrected chi connectivity index (χ4v) is 5.89. The molecule has 2 aromatic carbocycles. The zero-order valence-corrected chi connectivity index (χ0v) is 19.6. The Morgan fingerprint density at radius 2 is 1.94 bits per heavy atom. The number of aromatic nitrogens is 3. The number of nitrogens with zero attached hydrogens (tertiary/aromatic N) is 4. The van der Waals surface area contributed by atoms with Gasteiger partial charge in [0.2, 0.25) is 21.7 Å². The maximum atomic E-state index is 12.9. The first-order chi connectivity index (χ1) is 16.0. The van der Waals surface area contributed by atoms with Crippen LogP contribution < -0.4 is 4.74 Å². The summed E-state index contributed by atoms with van der Waals surface area (Å²) in [6.07, 6.45) is 2.85. The number of sulfonamides is 1. The van der Waals surface area contributed by atoms with E-state index >= 15 is 0 Å². The molecule has 172 valence electrons. The highest BCUT2D eigenvalue weighted by Gasteiger charge is 2.26. The number of rotatable bonds is 7. The molecule has 3 heterocycles. The highest BCUT2D eigenvalue weighted by Crippen LogP contribution is 2.29. The topological polar surface area (TPSA) is 112 Å². The summed E-state index contributed by atoms with van der Waals surface area (Å²) in [6.45, 7) is 1.12. The number of hydrogen-bond donors (Lipinski definition) is 0. The third-order valence-corrected chi connectivity index (χ3v) is 8.11. The van der Waals surface area contributed by atoms with E-state index in [4.69, 9.17) is 13.7 Å². The summed E-state index contributed by atoms with van der Waals surface area (Å²) in [5, 5.41) is 4.42. The highest BCUT2D eigenvalue weighted by atomic mass is 32.2. The molecule has 0 bridgehead atoms. The Kier molecular flexibility index (Phi) is 6.09. The van der Waals surface area contributed by atoms with E-state index in [9.17, 15) is 8.42 Å². The van der Waals surface area contributed by atoms with Gasteiger partial charge < -0.3 is 13.7 Å². The van der Waals surface area contributed by atoms with Gasteiger partial charge in [0.25, 0.3) is 5.22 Å². The van der Waals surface area contributed by atoms with E-state index < -0.39 is 10.0 Å². The number of ether oxygens (including phenoxy) is 1. The number of hydrogen-bond acceptors (Lipinski definition) is 9. The minimum atomic E-state index is -3.53. The second kappa shape index (κ2) is 9.16. The molecule has 2 aromatic heterocycles. The molecule has 0 spiro atoms. The molecule has 1 saturated heterocycles. The summed E-state index contributed by atoms with van der Waals surface area (Å²) in [6, 6.07) is 12.2. The van der Waals surface area contributed by atoms with Crippen LogP contribution >= 0.6 is 11.8 Å². The van der Waals surface area contributed by atoms with Gasteiger partial charge in [0.1, 0.15) is 11.3 Å². The molecule has 1 aliphatic rings. The van der Waals surface area contributed by atoms with E-state index in [1.165, 1.54) is 11.8 Å². The standard InChI is InChI=1S/C22H22N4O5S2/c1-29-16-7-5-6-15(12-16)21-24-20(31-25-21)14-32-22-23-18-13-17(8-9-19(18)30-22)33(27,28)26-10-3-2-4-11-26/h5-9,12-13H,2-4,10-11,14H2,1H3. The normalized spacial score (nSPS) is 15.2. The molecule has 0 saturated carbocycles. The number of methoxy groups -OCH3 is 1. The van der Waals surface area contributed by atoms with Crippen molar-refractivity contribution < 1.29 is 22.1 Å². The summed E-state index contributed by atoms with van der Waals surface area (Å²) in [5.74, 6) is 1.97. The van der Waals surface area contributed by atoms with E-state index in [0.717, 1.165) is 24.8 Å². The summed E-state index contributed by atoms with van der Waals surface area (Å²) in [5.41, 5.74) is 1.81. The fraction of sp³-hybridized carbons (Fsp3) is 0.318. The highest BCUT2D eigenvalue weighted by molar-refractivity contribution is 7.98. The van der Waals surface area contributed by atoms with Crippen LogP contribution in [-0.2, 0) is 15.8 Å². The van der Waals surface area contributed by atoms with Crippen LogP contribution in [-0.4, -0.2) is 48.0 Å². The van der Waals surface area contributed by atoms with E-state index in [1.807, 2.05) is 24.3 Å². The van der Waals surface area contributed by atoms with E-state index in [0.29, 0.717) is 52.6 Å². The molecule has 0 aliphatic carbocycles. The summed E-state index contributed by atoms with van der Waals surface area (Å²) < 4.78 is 43.7. The third kappa shape index (κ3) is 4.61. The van der Waals surface area contributed by atoms with Crippen LogP contribution in [0.2, 0.25) is 0 Å². The van der Waals surface area contributed by atoms with Crippen LogP contribution in [0.5, 0.6) is 5.75 Å². The van der Waals surface area contributed by atoms with Crippen molar-refractivity contribution in [3.63, 3.8) is 0 Å². The van der Waals surface area contributed by atoms with Crippen molar-refractivity contribution in [2.45, 2.75) is 35.1 Å². The SMILES string of the molecule is COc1cccc(-c2noc(CSc3nc4cc(S(=O)(=O)N5CCCCC5)ccc4o3)n2)c1. The van der Waals surface area contributed by atoms with Gasteiger partial charge >= 0.3 is 0 Å².